The Balaban J connectivity index is 2.23. The van der Waals surface area contributed by atoms with Crippen LogP contribution in [-0.2, 0) is 0 Å². The first kappa shape index (κ1) is 7.03. The molecule has 0 aliphatic carbocycles. The van der Waals surface area contributed by atoms with Crippen molar-refractivity contribution in [1.82, 2.24) is 5.32 Å². The second kappa shape index (κ2) is 3.18. The van der Waals surface area contributed by atoms with Gasteiger partial charge in [0.05, 0.1) is 6.10 Å². The lowest BCUT2D eigenvalue weighted by Crippen LogP contribution is -2.41. The zero-order chi connectivity index (χ0) is 6.69. The fourth-order valence-electron chi connectivity index (χ4n) is 1.29. The van der Waals surface area contributed by atoms with Crippen molar-refractivity contribution < 1.29 is 5.11 Å². The molecule has 0 saturated carbocycles. The summed E-state index contributed by atoms with van der Waals surface area (Å²) in [6.45, 7) is 2.93. The van der Waals surface area contributed by atoms with Gasteiger partial charge < -0.3 is 10.4 Å². The summed E-state index contributed by atoms with van der Waals surface area (Å²) in [6, 6.07) is 0.360. The fraction of sp³-hybridized carbons (Fsp3) is 1.00. The van der Waals surface area contributed by atoms with E-state index in [1.165, 1.54) is 12.8 Å². The summed E-state index contributed by atoms with van der Waals surface area (Å²) in [5.74, 6) is 0. The molecule has 0 aromatic carbocycles. The molecule has 9 heavy (non-hydrogen) atoms. The van der Waals surface area contributed by atoms with Crippen molar-refractivity contribution in [2.75, 3.05) is 6.54 Å². The lowest BCUT2D eigenvalue weighted by molar-refractivity contribution is 0.130. The Kier molecular flexibility index (Phi) is 2.49. The highest BCUT2D eigenvalue weighted by Gasteiger charge is 2.16. The topological polar surface area (TPSA) is 32.3 Å². The van der Waals surface area contributed by atoms with Crippen molar-refractivity contribution in [2.24, 2.45) is 0 Å². The Morgan fingerprint density at radius 1 is 1.56 bits per heavy atom. The monoisotopic (exact) mass is 129 g/mol. The molecule has 2 nitrogen and oxygen atoms in total. The van der Waals surface area contributed by atoms with Gasteiger partial charge in [0.1, 0.15) is 0 Å². The molecule has 0 spiro atoms. The van der Waals surface area contributed by atoms with E-state index < -0.39 is 0 Å². The van der Waals surface area contributed by atoms with Gasteiger partial charge in [-0.05, 0) is 26.3 Å². The van der Waals surface area contributed by atoms with Crippen LogP contribution in [0.3, 0.4) is 0 Å². The predicted octanol–water partition coefficient (Wildman–Crippen LogP) is 0.509. The second-order valence-corrected chi connectivity index (χ2v) is 2.80. The quantitative estimate of drug-likeness (QED) is 0.540. The van der Waals surface area contributed by atoms with Gasteiger partial charge >= 0.3 is 0 Å². The minimum absolute atomic E-state index is 0.176. The van der Waals surface area contributed by atoms with E-state index in [-0.39, 0.29) is 6.10 Å². The van der Waals surface area contributed by atoms with Gasteiger partial charge in [-0.1, -0.05) is 6.42 Å². The Morgan fingerprint density at radius 3 is 2.67 bits per heavy atom. The second-order valence-electron chi connectivity index (χ2n) is 2.80. The van der Waals surface area contributed by atoms with Crippen LogP contribution < -0.4 is 5.32 Å². The van der Waals surface area contributed by atoms with Gasteiger partial charge in [-0.25, -0.2) is 0 Å². The summed E-state index contributed by atoms with van der Waals surface area (Å²) in [6.07, 6.45) is 3.49. The van der Waals surface area contributed by atoms with Crippen LogP contribution >= 0.6 is 0 Å². The maximum atomic E-state index is 9.11. The molecule has 0 radical (unpaired) electrons. The van der Waals surface area contributed by atoms with Crippen LogP contribution in [-0.4, -0.2) is 23.8 Å². The van der Waals surface area contributed by atoms with E-state index in [0.29, 0.717) is 6.04 Å². The zero-order valence-electron chi connectivity index (χ0n) is 5.93. The number of hydrogen-bond acceptors (Lipinski definition) is 2. The van der Waals surface area contributed by atoms with Crippen LogP contribution in [0.15, 0.2) is 0 Å². The Bertz CT molecular complexity index is 77.0. The molecule has 1 rings (SSSR count). The smallest absolute Gasteiger partial charge is 0.0665 e. The van der Waals surface area contributed by atoms with E-state index in [2.05, 4.69) is 5.32 Å². The van der Waals surface area contributed by atoms with Gasteiger partial charge in [-0.3, -0.25) is 0 Å². The standard InChI is InChI=1S/C7H15NO/c1-6(9)7-4-2-3-5-8-7/h6-9H,2-5H2,1H3/t6-,7?/m1/s1. The highest BCUT2D eigenvalue weighted by atomic mass is 16.3. The van der Waals surface area contributed by atoms with Crippen LogP contribution in [0.1, 0.15) is 26.2 Å². The largest absolute Gasteiger partial charge is 0.392 e. The summed E-state index contributed by atoms with van der Waals surface area (Å²) in [5, 5.41) is 12.4. The summed E-state index contributed by atoms with van der Waals surface area (Å²) in [7, 11) is 0. The molecule has 1 aliphatic rings. The van der Waals surface area contributed by atoms with Gasteiger partial charge in [0, 0.05) is 6.04 Å². The first-order chi connectivity index (χ1) is 4.30. The van der Waals surface area contributed by atoms with Gasteiger partial charge in [0.25, 0.3) is 0 Å². The Labute approximate surface area is 56.3 Å². The first-order valence-electron chi connectivity index (χ1n) is 3.72. The van der Waals surface area contributed by atoms with Gasteiger partial charge in [-0.15, -0.1) is 0 Å². The summed E-state index contributed by atoms with van der Waals surface area (Å²) in [5.41, 5.74) is 0. The van der Waals surface area contributed by atoms with Crippen molar-refractivity contribution in [3.8, 4) is 0 Å². The maximum Gasteiger partial charge on any atom is 0.0665 e. The molecule has 1 heterocycles. The normalized spacial score (nSPS) is 32.0. The molecule has 1 aliphatic heterocycles. The van der Waals surface area contributed by atoms with E-state index in [9.17, 15) is 0 Å². The predicted molar refractivity (Wildman–Crippen MR) is 37.3 cm³/mol. The van der Waals surface area contributed by atoms with Crippen molar-refractivity contribution in [1.29, 1.82) is 0 Å². The Hall–Kier alpha value is -0.0800. The van der Waals surface area contributed by atoms with E-state index in [1.54, 1.807) is 0 Å². The first-order valence-corrected chi connectivity index (χ1v) is 3.72. The van der Waals surface area contributed by atoms with Crippen molar-refractivity contribution in [2.45, 2.75) is 38.3 Å². The molecule has 54 valence electrons. The van der Waals surface area contributed by atoms with Crippen molar-refractivity contribution in [3.05, 3.63) is 0 Å². The number of nitrogens with one attached hydrogen (secondary N) is 1. The lowest BCUT2D eigenvalue weighted by atomic mass is 10.0. The summed E-state index contributed by atoms with van der Waals surface area (Å²) in [4.78, 5) is 0. The van der Waals surface area contributed by atoms with Crippen LogP contribution in [0.2, 0.25) is 0 Å². The van der Waals surface area contributed by atoms with Gasteiger partial charge in [0.15, 0.2) is 0 Å². The molecular weight excluding hydrogens is 114 g/mol. The fourth-order valence-corrected chi connectivity index (χ4v) is 1.29. The zero-order valence-corrected chi connectivity index (χ0v) is 5.93. The minimum Gasteiger partial charge on any atom is -0.392 e. The molecule has 0 aromatic heterocycles. The van der Waals surface area contributed by atoms with E-state index >= 15 is 0 Å². The molecule has 1 unspecified atom stereocenters. The van der Waals surface area contributed by atoms with Crippen LogP contribution in [0, 0.1) is 0 Å². The Morgan fingerprint density at radius 2 is 2.33 bits per heavy atom. The van der Waals surface area contributed by atoms with E-state index in [4.69, 9.17) is 5.11 Å². The number of rotatable bonds is 1. The van der Waals surface area contributed by atoms with Gasteiger partial charge in [0.2, 0.25) is 0 Å². The van der Waals surface area contributed by atoms with Gasteiger partial charge in [-0.2, -0.15) is 0 Å². The SMILES string of the molecule is C[C@@H](O)C1CCCCN1. The van der Waals surface area contributed by atoms with E-state index in [0.717, 1.165) is 13.0 Å². The highest BCUT2D eigenvalue weighted by Crippen LogP contribution is 2.09. The molecule has 0 amide bonds. The van der Waals surface area contributed by atoms with E-state index in [1.807, 2.05) is 6.92 Å². The average molecular weight is 129 g/mol. The third kappa shape index (κ3) is 1.95. The van der Waals surface area contributed by atoms with Crippen molar-refractivity contribution in [3.63, 3.8) is 0 Å². The lowest BCUT2D eigenvalue weighted by Gasteiger charge is -2.25. The van der Waals surface area contributed by atoms with Crippen molar-refractivity contribution >= 4 is 0 Å². The molecule has 2 atom stereocenters. The number of aliphatic hydroxyl groups is 1. The highest BCUT2D eigenvalue weighted by molar-refractivity contribution is 4.75. The molecule has 2 heteroatoms. The third-order valence-corrected chi connectivity index (χ3v) is 1.93. The maximum absolute atomic E-state index is 9.11. The minimum atomic E-state index is -0.176. The number of hydrogen-bond donors (Lipinski definition) is 2. The molecule has 0 bridgehead atoms. The molecule has 1 fully saturated rings. The summed E-state index contributed by atoms with van der Waals surface area (Å²) >= 11 is 0. The third-order valence-electron chi connectivity index (χ3n) is 1.93. The van der Waals surface area contributed by atoms with Crippen LogP contribution in [0.5, 0.6) is 0 Å². The molecule has 0 aromatic rings. The number of aliphatic hydroxyl groups excluding tert-OH is 1. The molecule has 2 N–H and O–H groups in total. The van der Waals surface area contributed by atoms with Crippen LogP contribution in [0.25, 0.3) is 0 Å². The average Bonchev–Trinajstić information content (AvgIpc) is 1.90. The van der Waals surface area contributed by atoms with Crippen LogP contribution in [0.4, 0.5) is 0 Å². The summed E-state index contributed by atoms with van der Waals surface area (Å²) < 4.78 is 0. The molecular formula is C7H15NO. The molecule has 1 saturated heterocycles. The number of piperidine rings is 1.